The second-order valence-corrected chi connectivity index (χ2v) is 6.37. The van der Waals surface area contributed by atoms with E-state index in [4.69, 9.17) is 18.9 Å². The SMILES string of the molecule is C[C@@H]1OC(c2ccccc2)O[C@H]1[C@H]1OC(c2ccccc2)O[C@@H]1C. The Hall–Kier alpha value is -1.72. The standard InChI is InChI=1S/C20H22O4/c1-13-17(23-19(21-13)15-9-5-3-6-10-15)18-14(2)22-20(24-18)16-11-7-4-8-12-16/h3-14,17-20H,1-2H3/t13-,14+,17+,18-,19?,20?. The van der Waals surface area contributed by atoms with E-state index < -0.39 is 0 Å². The third-order valence-corrected chi connectivity index (χ3v) is 4.63. The van der Waals surface area contributed by atoms with E-state index in [0.717, 1.165) is 11.1 Å². The van der Waals surface area contributed by atoms with Gasteiger partial charge in [-0.2, -0.15) is 0 Å². The van der Waals surface area contributed by atoms with Crippen LogP contribution in [0.4, 0.5) is 0 Å². The molecule has 2 unspecified atom stereocenters. The lowest BCUT2D eigenvalue weighted by Crippen LogP contribution is -2.39. The minimum atomic E-state index is -0.349. The summed E-state index contributed by atoms with van der Waals surface area (Å²) in [5, 5.41) is 0. The molecule has 4 heteroatoms. The van der Waals surface area contributed by atoms with Gasteiger partial charge in [0, 0.05) is 11.1 Å². The van der Waals surface area contributed by atoms with Crippen LogP contribution in [0.5, 0.6) is 0 Å². The van der Waals surface area contributed by atoms with Crippen LogP contribution in [-0.4, -0.2) is 24.4 Å². The van der Waals surface area contributed by atoms with Gasteiger partial charge in [0.2, 0.25) is 0 Å². The van der Waals surface area contributed by atoms with Crippen molar-refractivity contribution in [2.24, 2.45) is 0 Å². The Labute approximate surface area is 142 Å². The first-order valence-electron chi connectivity index (χ1n) is 8.44. The van der Waals surface area contributed by atoms with E-state index in [2.05, 4.69) is 0 Å². The smallest absolute Gasteiger partial charge is 0.184 e. The van der Waals surface area contributed by atoms with Crippen LogP contribution in [0, 0.1) is 0 Å². The average Bonchev–Trinajstić information content (AvgIpc) is 3.19. The summed E-state index contributed by atoms with van der Waals surface area (Å²) in [5.41, 5.74) is 2.05. The number of hydrogen-bond donors (Lipinski definition) is 0. The Morgan fingerprint density at radius 1 is 0.542 bits per heavy atom. The summed E-state index contributed by atoms with van der Waals surface area (Å²) in [6.07, 6.45) is -1.12. The number of benzene rings is 2. The molecule has 0 aromatic heterocycles. The van der Waals surface area contributed by atoms with Crippen molar-refractivity contribution in [2.45, 2.75) is 50.8 Å². The Morgan fingerprint density at radius 3 is 1.29 bits per heavy atom. The molecular weight excluding hydrogens is 304 g/mol. The van der Waals surface area contributed by atoms with Gasteiger partial charge in [0.25, 0.3) is 0 Å². The second kappa shape index (κ2) is 6.65. The molecule has 0 amide bonds. The zero-order valence-electron chi connectivity index (χ0n) is 13.9. The summed E-state index contributed by atoms with van der Waals surface area (Å²) in [5.74, 6) is 0. The van der Waals surface area contributed by atoms with Crippen molar-refractivity contribution < 1.29 is 18.9 Å². The number of ether oxygens (including phenoxy) is 4. The zero-order valence-corrected chi connectivity index (χ0v) is 13.9. The maximum absolute atomic E-state index is 6.17. The Bertz CT molecular complexity index is 600. The minimum absolute atomic E-state index is 0.0548. The molecule has 0 radical (unpaired) electrons. The highest BCUT2D eigenvalue weighted by atomic mass is 16.8. The quantitative estimate of drug-likeness (QED) is 0.854. The van der Waals surface area contributed by atoms with Crippen molar-refractivity contribution in [1.29, 1.82) is 0 Å². The van der Waals surface area contributed by atoms with E-state index in [1.165, 1.54) is 0 Å². The molecule has 0 bridgehead atoms. The molecule has 126 valence electrons. The zero-order chi connectivity index (χ0) is 16.5. The van der Waals surface area contributed by atoms with Gasteiger partial charge in [-0.3, -0.25) is 0 Å². The molecule has 4 nitrogen and oxygen atoms in total. The van der Waals surface area contributed by atoms with Crippen LogP contribution in [-0.2, 0) is 18.9 Å². The second-order valence-electron chi connectivity index (χ2n) is 6.37. The van der Waals surface area contributed by atoms with Gasteiger partial charge in [0.05, 0.1) is 12.2 Å². The lowest BCUT2D eigenvalue weighted by Gasteiger charge is -2.22. The Balaban J connectivity index is 1.48. The average molecular weight is 326 g/mol. The highest BCUT2D eigenvalue weighted by Crippen LogP contribution is 2.40. The molecule has 2 saturated heterocycles. The van der Waals surface area contributed by atoms with Crippen molar-refractivity contribution in [3.8, 4) is 0 Å². The maximum Gasteiger partial charge on any atom is 0.184 e. The van der Waals surface area contributed by atoms with Gasteiger partial charge in [0.1, 0.15) is 12.2 Å². The van der Waals surface area contributed by atoms with E-state index in [9.17, 15) is 0 Å². The van der Waals surface area contributed by atoms with Crippen LogP contribution < -0.4 is 0 Å². The molecule has 0 spiro atoms. The summed E-state index contributed by atoms with van der Waals surface area (Å²) >= 11 is 0. The first-order chi connectivity index (χ1) is 11.7. The highest BCUT2D eigenvalue weighted by Gasteiger charge is 2.47. The van der Waals surface area contributed by atoms with Crippen molar-refractivity contribution in [2.75, 3.05) is 0 Å². The summed E-state index contributed by atoms with van der Waals surface area (Å²) < 4.78 is 24.3. The van der Waals surface area contributed by atoms with E-state index in [1.54, 1.807) is 0 Å². The number of hydrogen-bond acceptors (Lipinski definition) is 4. The Morgan fingerprint density at radius 2 is 0.917 bits per heavy atom. The summed E-state index contributed by atoms with van der Waals surface area (Å²) in [6.45, 7) is 4.05. The lowest BCUT2D eigenvalue weighted by molar-refractivity contribution is -0.107. The van der Waals surface area contributed by atoms with Gasteiger partial charge in [0.15, 0.2) is 12.6 Å². The predicted molar refractivity (Wildman–Crippen MR) is 89.2 cm³/mol. The molecule has 2 heterocycles. The fourth-order valence-corrected chi connectivity index (χ4v) is 3.34. The molecule has 4 rings (SSSR count). The molecule has 24 heavy (non-hydrogen) atoms. The van der Waals surface area contributed by atoms with Crippen molar-refractivity contribution in [3.63, 3.8) is 0 Å². The van der Waals surface area contributed by atoms with E-state index in [0.29, 0.717) is 0 Å². The topological polar surface area (TPSA) is 36.9 Å². The summed E-state index contributed by atoms with van der Waals surface area (Å²) in [4.78, 5) is 0. The fourth-order valence-electron chi connectivity index (χ4n) is 3.34. The van der Waals surface area contributed by atoms with Gasteiger partial charge in [-0.15, -0.1) is 0 Å². The van der Waals surface area contributed by atoms with E-state index >= 15 is 0 Å². The molecule has 0 N–H and O–H groups in total. The number of rotatable bonds is 3. The predicted octanol–water partition coefficient (Wildman–Crippen LogP) is 3.99. The van der Waals surface area contributed by atoms with Crippen molar-refractivity contribution >= 4 is 0 Å². The monoisotopic (exact) mass is 326 g/mol. The van der Waals surface area contributed by atoms with Gasteiger partial charge in [-0.25, -0.2) is 0 Å². The summed E-state index contributed by atoms with van der Waals surface area (Å²) in [6, 6.07) is 20.0. The van der Waals surface area contributed by atoms with Gasteiger partial charge >= 0.3 is 0 Å². The minimum Gasteiger partial charge on any atom is -0.343 e. The van der Waals surface area contributed by atoms with Crippen molar-refractivity contribution in [3.05, 3.63) is 71.8 Å². The largest absolute Gasteiger partial charge is 0.343 e. The van der Waals surface area contributed by atoms with Crippen molar-refractivity contribution in [1.82, 2.24) is 0 Å². The molecule has 2 aliphatic heterocycles. The fraction of sp³-hybridized carbons (Fsp3) is 0.400. The highest BCUT2D eigenvalue weighted by molar-refractivity contribution is 5.18. The van der Waals surface area contributed by atoms with Crippen LogP contribution >= 0.6 is 0 Å². The molecule has 2 aliphatic rings. The van der Waals surface area contributed by atoms with E-state index in [-0.39, 0.29) is 37.0 Å². The van der Waals surface area contributed by atoms with Crippen LogP contribution in [0.15, 0.2) is 60.7 Å². The third kappa shape index (κ3) is 2.98. The molecule has 2 aromatic rings. The van der Waals surface area contributed by atoms with Crippen LogP contribution in [0.1, 0.15) is 37.6 Å². The first-order valence-corrected chi connectivity index (χ1v) is 8.44. The lowest BCUT2D eigenvalue weighted by atomic mass is 10.1. The third-order valence-electron chi connectivity index (χ3n) is 4.63. The Kier molecular flexibility index (Phi) is 4.37. The molecule has 6 atom stereocenters. The molecule has 0 saturated carbocycles. The van der Waals surface area contributed by atoms with Crippen LogP contribution in [0.2, 0.25) is 0 Å². The maximum atomic E-state index is 6.17. The van der Waals surface area contributed by atoms with Crippen LogP contribution in [0.25, 0.3) is 0 Å². The van der Waals surface area contributed by atoms with Gasteiger partial charge in [-0.05, 0) is 13.8 Å². The van der Waals surface area contributed by atoms with E-state index in [1.807, 2.05) is 74.5 Å². The normalized spacial score (nSPS) is 36.1. The van der Waals surface area contributed by atoms with Crippen LogP contribution in [0.3, 0.4) is 0 Å². The van der Waals surface area contributed by atoms with Gasteiger partial charge < -0.3 is 18.9 Å². The molecule has 2 fully saturated rings. The molecule has 0 aliphatic carbocycles. The first kappa shape index (κ1) is 15.8. The summed E-state index contributed by atoms with van der Waals surface area (Å²) in [7, 11) is 0. The molecular formula is C20H22O4. The molecule has 2 aromatic carbocycles. The van der Waals surface area contributed by atoms with Gasteiger partial charge in [-0.1, -0.05) is 60.7 Å².